The van der Waals surface area contributed by atoms with Crippen LogP contribution < -0.4 is 0 Å². The van der Waals surface area contributed by atoms with Crippen molar-refractivity contribution in [1.82, 2.24) is 0 Å². The Morgan fingerprint density at radius 2 is 1.32 bits per heavy atom. The van der Waals surface area contributed by atoms with Crippen LogP contribution in [0.1, 0.15) is 77.7 Å². The third-order valence-electron chi connectivity index (χ3n) is 3.96. The molecule has 19 heavy (non-hydrogen) atoms. The van der Waals surface area contributed by atoms with E-state index in [4.69, 9.17) is 0 Å². The van der Waals surface area contributed by atoms with Crippen molar-refractivity contribution < 1.29 is 0 Å². The van der Waals surface area contributed by atoms with Crippen LogP contribution >= 0.6 is 12.4 Å². The third kappa shape index (κ3) is 7.62. The Morgan fingerprint density at radius 3 is 1.89 bits per heavy atom. The summed E-state index contributed by atoms with van der Waals surface area (Å²) >= 11 is 0. The van der Waals surface area contributed by atoms with Crippen LogP contribution in [-0.2, 0) is 5.41 Å². The van der Waals surface area contributed by atoms with Crippen LogP contribution in [0.3, 0.4) is 0 Å². The summed E-state index contributed by atoms with van der Waals surface area (Å²) in [5.41, 5.74) is 1.82. The second-order valence-corrected chi connectivity index (χ2v) is 6.12. The zero-order valence-electron chi connectivity index (χ0n) is 13.0. The van der Waals surface area contributed by atoms with Gasteiger partial charge in [-0.2, -0.15) is 0 Å². The van der Waals surface area contributed by atoms with Crippen LogP contribution in [0.25, 0.3) is 0 Å². The number of benzene rings is 1. The van der Waals surface area contributed by atoms with Gasteiger partial charge >= 0.3 is 0 Å². The van der Waals surface area contributed by atoms with E-state index < -0.39 is 0 Å². The lowest BCUT2D eigenvalue weighted by atomic mass is 9.80. The van der Waals surface area contributed by atoms with Crippen molar-refractivity contribution in [3.63, 3.8) is 0 Å². The minimum atomic E-state index is 0. The van der Waals surface area contributed by atoms with Crippen LogP contribution in [0.15, 0.2) is 30.3 Å². The van der Waals surface area contributed by atoms with Crippen LogP contribution in [0.4, 0.5) is 0 Å². The molecule has 0 amide bonds. The van der Waals surface area contributed by atoms with Gasteiger partial charge < -0.3 is 0 Å². The monoisotopic (exact) mass is 282 g/mol. The van der Waals surface area contributed by atoms with E-state index in [1.54, 1.807) is 0 Å². The summed E-state index contributed by atoms with van der Waals surface area (Å²) in [4.78, 5) is 0. The highest BCUT2D eigenvalue weighted by Crippen LogP contribution is 2.29. The second kappa shape index (κ2) is 10.3. The maximum atomic E-state index is 2.37. The van der Waals surface area contributed by atoms with E-state index in [1.165, 1.54) is 56.9 Å². The minimum absolute atomic E-state index is 0. The van der Waals surface area contributed by atoms with Crippen LogP contribution in [0.2, 0.25) is 0 Å². The highest BCUT2D eigenvalue weighted by atomic mass is 35.5. The summed E-state index contributed by atoms with van der Waals surface area (Å²) in [5.74, 6) is 0. The maximum Gasteiger partial charge on any atom is -0.0104 e. The predicted molar refractivity (Wildman–Crippen MR) is 89.3 cm³/mol. The SMILES string of the molecule is CCCCCCCCCC(C)(C)c1ccccc1.Cl. The normalized spacial score (nSPS) is 11.1. The largest absolute Gasteiger partial charge is 0.147 e. The molecule has 0 saturated carbocycles. The van der Waals surface area contributed by atoms with E-state index in [-0.39, 0.29) is 12.4 Å². The van der Waals surface area contributed by atoms with E-state index in [1.807, 2.05) is 0 Å². The van der Waals surface area contributed by atoms with Gasteiger partial charge in [-0.25, -0.2) is 0 Å². The van der Waals surface area contributed by atoms with Crippen LogP contribution in [0, 0.1) is 0 Å². The van der Waals surface area contributed by atoms with Gasteiger partial charge in [0.2, 0.25) is 0 Å². The Hall–Kier alpha value is -0.490. The van der Waals surface area contributed by atoms with E-state index in [9.17, 15) is 0 Å². The van der Waals surface area contributed by atoms with Gasteiger partial charge in [0.15, 0.2) is 0 Å². The smallest absolute Gasteiger partial charge is 0.0104 e. The fraction of sp³-hybridized carbons (Fsp3) is 0.667. The highest BCUT2D eigenvalue weighted by Gasteiger charge is 2.19. The molecule has 0 spiro atoms. The van der Waals surface area contributed by atoms with Crippen molar-refractivity contribution in [1.29, 1.82) is 0 Å². The van der Waals surface area contributed by atoms with Crippen molar-refractivity contribution in [2.24, 2.45) is 0 Å². The maximum absolute atomic E-state index is 2.37. The molecule has 0 radical (unpaired) electrons. The first-order chi connectivity index (χ1) is 8.67. The number of halogens is 1. The molecule has 1 aromatic rings. The molecule has 110 valence electrons. The number of hydrogen-bond donors (Lipinski definition) is 0. The van der Waals surface area contributed by atoms with Gasteiger partial charge in [-0.1, -0.05) is 96.0 Å². The molecule has 0 atom stereocenters. The summed E-state index contributed by atoms with van der Waals surface area (Å²) in [6.07, 6.45) is 11.1. The highest BCUT2D eigenvalue weighted by molar-refractivity contribution is 5.85. The summed E-state index contributed by atoms with van der Waals surface area (Å²) < 4.78 is 0. The molecule has 0 heterocycles. The summed E-state index contributed by atoms with van der Waals surface area (Å²) in [7, 11) is 0. The van der Waals surface area contributed by atoms with Gasteiger partial charge in [-0.15, -0.1) is 12.4 Å². The Kier molecular flexibility index (Phi) is 10.0. The molecule has 1 aromatic carbocycles. The van der Waals surface area contributed by atoms with Crippen molar-refractivity contribution in [3.8, 4) is 0 Å². The minimum Gasteiger partial charge on any atom is -0.147 e. The Balaban J connectivity index is 0.00000324. The lowest BCUT2D eigenvalue weighted by molar-refractivity contribution is 0.442. The molecule has 0 bridgehead atoms. The molecular weight excluding hydrogens is 252 g/mol. The van der Waals surface area contributed by atoms with E-state index in [0.29, 0.717) is 5.41 Å². The average molecular weight is 283 g/mol. The average Bonchev–Trinajstić information content (AvgIpc) is 2.39. The topological polar surface area (TPSA) is 0 Å². The molecule has 0 unspecified atom stereocenters. The molecule has 1 heteroatoms. The quantitative estimate of drug-likeness (QED) is 0.452. The third-order valence-corrected chi connectivity index (χ3v) is 3.96. The van der Waals surface area contributed by atoms with Crippen molar-refractivity contribution in [2.45, 2.75) is 77.6 Å². The van der Waals surface area contributed by atoms with E-state index in [2.05, 4.69) is 51.1 Å². The number of unbranched alkanes of at least 4 members (excludes halogenated alkanes) is 6. The first-order valence-electron chi connectivity index (χ1n) is 7.72. The lowest BCUT2D eigenvalue weighted by Gasteiger charge is -2.25. The Bertz CT molecular complexity index is 303. The van der Waals surface area contributed by atoms with Crippen molar-refractivity contribution in [3.05, 3.63) is 35.9 Å². The number of rotatable bonds is 9. The molecule has 0 aliphatic heterocycles. The molecule has 0 aromatic heterocycles. The molecule has 0 N–H and O–H groups in total. The van der Waals surface area contributed by atoms with E-state index >= 15 is 0 Å². The molecule has 0 saturated heterocycles. The van der Waals surface area contributed by atoms with Crippen LogP contribution in [0.5, 0.6) is 0 Å². The molecule has 0 nitrogen and oxygen atoms in total. The van der Waals surface area contributed by atoms with Gasteiger partial charge in [-0.05, 0) is 17.4 Å². The fourth-order valence-electron chi connectivity index (χ4n) is 2.56. The summed E-state index contributed by atoms with van der Waals surface area (Å²) in [6, 6.07) is 10.9. The standard InChI is InChI=1S/C18H30.ClH/c1-4-5-6-7-8-9-13-16-18(2,3)17-14-11-10-12-15-17;/h10-12,14-15H,4-9,13,16H2,1-3H3;1H. The summed E-state index contributed by atoms with van der Waals surface area (Å²) in [6.45, 7) is 7.03. The van der Waals surface area contributed by atoms with Crippen molar-refractivity contribution in [2.75, 3.05) is 0 Å². The Morgan fingerprint density at radius 1 is 0.789 bits per heavy atom. The van der Waals surface area contributed by atoms with Gasteiger partial charge in [0.25, 0.3) is 0 Å². The van der Waals surface area contributed by atoms with Gasteiger partial charge in [0.05, 0.1) is 0 Å². The Labute approximate surface area is 126 Å². The van der Waals surface area contributed by atoms with Gasteiger partial charge in [0.1, 0.15) is 0 Å². The second-order valence-electron chi connectivity index (χ2n) is 6.12. The van der Waals surface area contributed by atoms with E-state index in [0.717, 1.165) is 0 Å². The molecule has 0 aliphatic carbocycles. The zero-order valence-corrected chi connectivity index (χ0v) is 13.8. The number of hydrogen-bond acceptors (Lipinski definition) is 0. The van der Waals surface area contributed by atoms with Gasteiger partial charge in [0, 0.05) is 0 Å². The van der Waals surface area contributed by atoms with Crippen LogP contribution in [-0.4, -0.2) is 0 Å². The zero-order chi connectivity index (χ0) is 13.3. The molecule has 1 rings (SSSR count). The molecule has 0 aliphatic rings. The summed E-state index contributed by atoms with van der Waals surface area (Å²) in [5, 5.41) is 0. The lowest BCUT2D eigenvalue weighted by Crippen LogP contribution is -2.16. The van der Waals surface area contributed by atoms with Crippen molar-refractivity contribution >= 4 is 12.4 Å². The van der Waals surface area contributed by atoms with Gasteiger partial charge in [-0.3, -0.25) is 0 Å². The first-order valence-corrected chi connectivity index (χ1v) is 7.72. The first kappa shape index (κ1) is 18.5. The molecular formula is C18H31Cl. The fourth-order valence-corrected chi connectivity index (χ4v) is 2.56. The predicted octanol–water partition coefficient (Wildman–Crippen LogP) is 6.53. The molecule has 0 fully saturated rings.